The maximum atomic E-state index is 13.6. The summed E-state index contributed by atoms with van der Waals surface area (Å²) in [6.07, 6.45) is 2.27. The summed E-state index contributed by atoms with van der Waals surface area (Å²) in [5, 5.41) is 18.1. The number of carbonyl (C=O) groups is 5. The molecule has 0 aliphatic rings. The molecule has 0 radical (unpaired) electrons. The summed E-state index contributed by atoms with van der Waals surface area (Å²) in [4.78, 5) is 66.8. The second-order valence-corrected chi connectivity index (χ2v) is 12.5. The molecule has 0 saturated heterocycles. The van der Waals surface area contributed by atoms with Crippen molar-refractivity contribution in [1.29, 1.82) is 0 Å². The lowest BCUT2D eigenvalue weighted by atomic mass is 9.97. The van der Waals surface area contributed by atoms with Crippen molar-refractivity contribution >= 4 is 58.4 Å². The number of hydrogen-bond donors (Lipinski definition) is 4. The smallest absolute Gasteiger partial charge is 0.323 e. The molecule has 0 heterocycles. The Morgan fingerprint density at radius 2 is 1.43 bits per heavy atom. The van der Waals surface area contributed by atoms with E-state index in [2.05, 4.69) is 16.0 Å². The first kappa shape index (κ1) is 36.6. The number of thioether (sulfide) groups is 1. The van der Waals surface area contributed by atoms with E-state index in [4.69, 9.17) is 0 Å². The number of carboxylic acid groups (broad SMARTS) is 1. The average Bonchev–Trinajstić information content (AvgIpc) is 3.04. The predicted molar refractivity (Wildman–Crippen MR) is 187 cm³/mol. The molecular formula is C35H43N5O6S. The number of ketones is 1. The van der Waals surface area contributed by atoms with Crippen LogP contribution in [0.15, 0.2) is 78.9 Å². The van der Waals surface area contributed by atoms with Crippen LogP contribution < -0.4 is 16.0 Å². The van der Waals surface area contributed by atoms with Gasteiger partial charge in [-0.3, -0.25) is 19.2 Å². The van der Waals surface area contributed by atoms with Crippen LogP contribution in [0.1, 0.15) is 42.6 Å². The SMILES string of the molecule is CSCCCN(CC(=O)C(C)(C)Nc1ccc(NC(=O)Nc2ccccc2C)cc1)C(=O)CN(CCC(=O)O)C(=O)c1ccccc1. The number of aryl methyl sites for hydroxylation is 1. The van der Waals surface area contributed by atoms with Gasteiger partial charge < -0.3 is 30.9 Å². The Bertz CT molecular complexity index is 1530. The van der Waals surface area contributed by atoms with Crippen LogP contribution >= 0.6 is 11.8 Å². The van der Waals surface area contributed by atoms with Gasteiger partial charge in [-0.2, -0.15) is 11.8 Å². The Hall–Kier alpha value is -4.84. The number of rotatable bonds is 17. The second-order valence-electron chi connectivity index (χ2n) is 11.5. The largest absolute Gasteiger partial charge is 0.481 e. The Kier molecular flexibility index (Phi) is 13.8. The molecule has 12 heteroatoms. The van der Waals surface area contributed by atoms with E-state index in [1.807, 2.05) is 37.4 Å². The summed E-state index contributed by atoms with van der Waals surface area (Å²) < 4.78 is 0. The van der Waals surface area contributed by atoms with Crippen LogP contribution in [0.5, 0.6) is 0 Å². The molecule has 3 aromatic carbocycles. The highest BCUT2D eigenvalue weighted by Gasteiger charge is 2.31. The topological polar surface area (TPSA) is 148 Å². The molecule has 47 heavy (non-hydrogen) atoms. The standard InChI is InChI=1S/C35H43N5O6S/c1-25-11-8-9-14-29(25)37-34(46)36-27-15-17-28(18-16-27)38-35(2,3)30(41)23-39(20-10-22-47-4)31(42)24-40(21-19-32(43)44)33(45)26-12-6-5-7-13-26/h5-9,11-18,38H,10,19-24H2,1-4H3,(H,43,44)(H2,36,37,46). The molecular weight excluding hydrogens is 618 g/mol. The van der Waals surface area contributed by atoms with E-state index in [0.717, 1.165) is 11.3 Å². The predicted octanol–water partition coefficient (Wildman–Crippen LogP) is 5.60. The molecule has 3 aromatic rings. The highest BCUT2D eigenvalue weighted by atomic mass is 32.2. The molecule has 250 valence electrons. The third-order valence-electron chi connectivity index (χ3n) is 7.38. The van der Waals surface area contributed by atoms with E-state index in [-0.39, 0.29) is 37.9 Å². The normalized spacial score (nSPS) is 10.9. The molecule has 4 N–H and O–H groups in total. The number of carbonyl (C=O) groups excluding carboxylic acids is 4. The molecule has 0 bridgehead atoms. The van der Waals surface area contributed by atoms with E-state index in [0.29, 0.717) is 35.6 Å². The van der Waals surface area contributed by atoms with Crippen molar-refractivity contribution < 1.29 is 29.1 Å². The lowest BCUT2D eigenvalue weighted by Gasteiger charge is -2.31. The lowest BCUT2D eigenvalue weighted by molar-refractivity contribution is -0.139. The molecule has 11 nitrogen and oxygen atoms in total. The average molecular weight is 662 g/mol. The zero-order chi connectivity index (χ0) is 34.4. The highest BCUT2D eigenvalue weighted by Crippen LogP contribution is 2.20. The maximum absolute atomic E-state index is 13.6. The fraction of sp³-hybridized carbons (Fsp3) is 0.343. The van der Waals surface area contributed by atoms with Crippen molar-refractivity contribution in [3.8, 4) is 0 Å². The van der Waals surface area contributed by atoms with E-state index in [1.54, 1.807) is 80.2 Å². The molecule has 4 amide bonds. The number of urea groups is 1. The molecule has 0 spiro atoms. The van der Waals surface area contributed by atoms with Crippen LogP contribution in [0.25, 0.3) is 0 Å². The van der Waals surface area contributed by atoms with Crippen molar-refractivity contribution in [2.24, 2.45) is 0 Å². The summed E-state index contributed by atoms with van der Waals surface area (Å²) in [6.45, 7) is 4.96. The number of hydrogen-bond acceptors (Lipinski definition) is 7. The minimum absolute atomic E-state index is 0.146. The van der Waals surface area contributed by atoms with Gasteiger partial charge in [-0.15, -0.1) is 0 Å². The van der Waals surface area contributed by atoms with Crippen molar-refractivity contribution in [1.82, 2.24) is 9.80 Å². The maximum Gasteiger partial charge on any atom is 0.323 e. The Morgan fingerprint density at radius 3 is 2.06 bits per heavy atom. The van der Waals surface area contributed by atoms with E-state index < -0.39 is 23.3 Å². The number of nitrogens with zero attached hydrogens (tertiary/aromatic N) is 2. The van der Waals surface area contributed by atoms with Crippen molar-refractivity contribution in [3.63, 3.8) is 0 Å². The zero-order valence-corrected chi connectivity index (χ0v) is 28.1. The van der Waals surface area contributed by atoms with Crippen LogP contribution in [-0.2, 0) is 14.4 Å². The minimum Gasteiger partial charge on any atom is -0.481 e. The monoisotopic (exact) mass is 661 g/mol. The van der Waals surface area contributed by atoms with Crippen LogP contribution in [0, 0.1) is 6.92 Å². The van der Waals surface area contributed by atoms with E-state index in [1.165, 1.54) is 9.80 Å². The van der Waals surface area contributed by atoms with Crippen LogP contribution in [0.2, 0.25) is 0 Å². The Balaban J connectivity index is 1.66. The first-order valence-corrected chi connectivity index (χ1v) is 16.7. The summed E-state index contributed by atoms with van der Waals surface area (Å²) in [5.74, 6) is -1.46. The van der Waals surface area contributed by atoms with E-state index >= 15 is 0 Å². The third-order valence-corrected chi connectivity index (χ3v) is 8.08. The molecule has 0 aromatic heterocycles. The molecule has 3 rings (SSSR count). The third kappa shape index (κ3) is 11.8. The summed E-state index contributed by atoms with van der Waals surface area (Å²) >= 11 is 1.62. The van der Waals surface area contributed by atoms with Gasteiger partial charge >= 0.3 is 12.0 Å². The number of benzene rings is 3. The molecule has 0 unspecified atom stereocenters. The number of Topliss-reactive ketones (excluding diaryl/α,β-unsaturated/α-hetero) is 1. The van der Waals surface area contributed by atoms with Crippen LogP contribution in [0.3, 0.4) is 0 Å². The minimum atomic E-state index is -1.09. The number of aliphatic carboxylic acids is 1. The van der Waals surface area contributed by atoms with Gasteiger partial charge in [0.2, 0.25) is 5.91 Å². The summed E-state index contributed by atoms with van der Waals surface area (Å²) in [6, 6.07) is 22.4. The van der Waals surface area contributed by atoms with Gasteiger partial charge in [0.15, 0.2) is 5.78 Å². The summed E-state index contributed by atoms with van der Waals surface area (Å²) in [5.41, 5.74) is 2.12. The van der Waals surface area contributed by atoms with Crippen molar-refractivity contribution in [2.75, 3.05) is 54.1 Å². The Morgan fingerprint density at radius 1 is 0.787 bits per heavy atom. The van der Waals surface area contributed by atoms with Crippen molar-refractivity contribution in [3.05, 3.63) is 90.0 Å². The van der Waals surface area contributed by atoms with Gasteiger partial charge in [0.25, 0.3) is 5.91 Å². The zero-order valence-electron chi connectivity index (χ0n) is 27.2. The van der Waals surface area contributed by atoms with Crippen LogP contribution in [-0.4, -0.2) is 88.2 Å². The number of amides is 4. The molecule has 0 saturated carbocycles. The first-order valence-electron chi connectivity index (χ1n) is 15.3. The molecule has 0 aliphatic heterocycles. The van der Waals surface area contributed by atoms with Crippen LogP contribution in [0.4, 0.5) is 21.9 Å². The lowest BCUT2D eigenvalue weighted by Crippen LogP contribution is -2.50. The van der Waals surface area contributed by atoms with Gasteiger partial charge in [-0.1, -0.05) is 36.4 Å². The van der Waals surface area contributed by atoms with Gasteiger partial charge in [0, 0.05) is 35.7 Å². The molecule has 0 fully saturated rings. The highest BCUT2D eigenvalue weighted by molar-refractivity contribution is 7.98. The van der Waals surface area contributed by atoms with E-state index in [9.17, 15) is 29.1 Å². The van der Waals surface area contributed by atoms with Gasteiger partial charge in [-0.25, -0.2) is 4.79 Å². The van der Waals surface area contributed by atoms with Crippen molar-refractivity contribution in [2.45, 2.75) is 39.2 Å². The van der Waals surface area contributed by atoms with Gasteiger partial charge in [-0.05, 0) is 87.2 Å². The number of anilines is 3. The number of carboxylic acids is 1. The fourth-order valence-corrected chi connectivity index (χ4v) is 5.06. The van der Waals surface area contributed by atoms with Gasteiger partial charge in [0.05, 0.1) is 18.5 Å². The molecule has 0 atom stereocenters. The quantitative estimate of drug-likeness (QED) is 0.137. The second kappa shape index (κ2) is 17.7. The fourth-order valence-electron chi connectivity index (χ4n) is 4.64. The number of nitrogens with one attached hydrogen (secondary N) is 3. The Labute approximate surface area is 280 Å². The summed E-state index contributed by atoms with van der Waals surface area (Å²) in [7, 11) is 0. The molecule has 0 aliphatic carbocycles. The number of para-hydroxylation sites is 1. The first-order chi connectivity index (χ1) is 22.4. The van der Waals surface area contributed by atoms with Gasteiger partial charge in [0.1, 0.15) is 6.54 Å².